The number of aryl methyl sites for hydroxylation is 1. The molecule has 1 unspecified atom stereocenters. The molecule has 0 radical (unpaired) electrons. The van der Waals surface area contributed by atoms with Gasteiger partial charge in [0, 0.05) is 22.0 Å². The number of carbonyl (C=O) groups excluding carboxylic acids is 1. The Morgan fingerprint density at radius 2 is 2.26 bits per heavy atom. The number of nitrogens with one attached hydrogen (secondary N) is 1. The van der Waals surface area contributed by atoms with Crippen LogP contribution in [0.25, 0.3) is 11.0 Å². The van der Waals surface area contributed by atoms with Gasteiger partial charge < -0.3 is 19.9 Å². The van der Waals surface area contributed by atoms with Crippen LogP contribution in [-0.2, 0) is 0 Å². The van der Waals surface area contributed by atoms with Gasteiger partial charge in [0.15, 0.2) is 5.76 Å². The molecule has 3 N–H and O–H groups in total. The highest BCUT2D eigenvalue weighted by Gasteiger charge is 2.18. The van der Waals surface area contributed by atoms with Crippen LogP contribution < -0.4 is 5.32 Å². The van der Waals surface area contributed by atoms with Crippen molar-refractivity contribution >= 4 is 32.8 Å². The Morgan fingerprint density at radius 3 is 2.95 bits per heavy atom. The Labute approximate surface area is 118 Å². The van der Waals surface area contributed by atoms with Gasteiger partial charge in [0.1, 0.15) is 5.58 Å². The molecule has 0 fully saturated rings. The van der Waals surface area contributed by atoms with Crippen LogP contribution in [-0.4, -0.2) is 35.4 Å². The monoisotopic (exact) mass is 327 g/mol. The van der Waals surface area contributed by atoms with Crippen LogP contribution in [0.1, 0.15) is 16.1 Å². The van der Waals surface area contributed by atoms with Crippen molar-refractivity contribution < 1.29 is 19.4 Å². The molecule has 0 spiro atoms. The van der Waals surface area contributed by atoms with Gasteiger partial charge in [-0.15, -0.1) is 0 Å². The lowest BCUT2D eigenvalue weighted by Crippen LogP contribution is -2.33. The minimum Gasteiger partial charge on any atom is -0.451 e. The fourth-order valence-corrected chi connectivity index (χ4v) is 2.13. The number of fused-ring (bicyclic) bond motifs is 1. The van der Waals surface area contributed by atoms with Crippen LogP contribution in [0.3, 0.4) is 0 Å². The predicted molar refractivity (Wildman–Crippen MR) is 74.1 cm³/mol. The molecule has 0 aliphatic carbocycles. The van der Waals surface area contributed by atoms with Gasteiger partial charge in [0.05, 0.1) is 12.7 Å². The minimum atomic E-state index is -0.970. The van der Waals surface area contributed by atoms with Crippen molar-refractivity contribution in [2.24, 2.45) is 0 Å². The summed E-state index contributed by atoms with van der Waals surface area (Å²) in [5.74, 6) is -0.185. The van der Waals surface area contributed by atoms with Gasteiger partial charge in [-0.2, -0.15) is 0 Å². The van der Waals surface area contributed by atoms with Crippen LogP contribution in [0.4, 0.5) is 0 Å². The maximum absolute atomic E-state index is 11.9. The van der Waals surface area contributed by atoms with Crippen LogP contribution >= 0.6 is 15.9 Å². The van der Waals surface area contributed by atoms with Crippen LogP contribution in [0.15, 0.2) is 27.1 Å². The fraction of sp³-hybridized carbons (Fsp3) is 0.308. The van der Waals surface area contributed by atoms with Crippen molar-refractivity contribution in [1.29, 1.82) is 0 Å². The summed E-state index contributed by atoms with van der Waals surface area (Å²) in [6.07, 6.45) is -0.970. The Balaban J connectivity index is 2.25. The molecule has 1 atom stereocenters. The van der Waals surface area contributed by atoms with E-state index in [1.54, 1.807) is 13.0 Å². The number of halogens is 1. The Hall–Kier alpha value is -1.37. The van der Waals surface area contributed by atoms with Gasteiger partial charge in [-0.25, -0.2) is 0 Å². The van der Waals surface area contributed by atoms with Crippen molar-refractivity contribution in [2.75, 3.05) is 13.2 Å². The van der Waals surface area contributed by atoms with E-state index in [0.29, 0.717) is 5.58 Å². The average molecular weight is 328 g/mol. The number of aliphatic hydroxyl groups excluding tert-OH is 2. The fourth-order valence-electron chi connectivity index (χ4n) is 1.77. The Kier molecular flexibility index (Phi) is 4.24. The lowest BCUT2D eigenvalue weighted by atomic mass is 10.1. The first kappa shape index (κ1) is 14.0. The van der Waals surface area contributed by atoms with Crippen LogP contribution in [0, 0.1) is 6.92 Å². The molecule has 2 rings (SSSR count). The molecule has 5 nitrogen and oxygen atoms in total. The molecule has 0 bridgehead atoms. The van der Waals surface area contributed by atoms with Gasteiger partial charge in [0.2, 0.25) is 0 Å². The second-order valence-corrected chi connectivity index (χ2v) is 5.16. The molecule has 1 aromatic heterocycles. The summed E-state index contributed by atoms with van der Waals surface area (Å²) in [5, 5.41) is 21.3. The molecule has 0 aliphatic heterocycles. The van der Waals surface area contributed by atoms with Gasteiger partial charge in [0.25, 0.3) is 5.91 Å². The maximum Gasteiger partial charge on any atom is 0.287 e. The van der Waals surface area contributed by atoms with Gasteiger partial charge in [-0.1, -0.05) is 15.9 Å². The van der Waals surface area contributed by atoms with Crippen molar-refractivity contribution in [3.05, 3.63) is 34.0 Å². The summed E-state index contributed by atoms with van der Waals surface area (Å²) >= 11 is 3.37. The quantitative estimate of drug-likeness (QED) is 0.796. The molecule has 2 aromatic rings. The van der Waals surface area contributed by atoms with Crippen molar-refractivity contribution in [1.82, 2.24) is 5.32 Å². The first-order valence-corrected chi connectivity index (χ1v) is 6.58. The summed E-state index contributed by atoms with van der Waals surface area (Å²) in [7, 11) is 0. The summed E-state index contributed by atoms with van der Waals surface area (Å²) < 4.78 is 6.41. The number of rotatable bonds is 4. The molecule has 1 aromatic carbocycles. The molecule has 0 aliphatic rings. The van der Waals surface area contributed by atoms with E-state index in [2.05, 4.69) is 21.2 Å². The van der Waals surface area contributed by atoms with E-state index < -0.39 is 18.6 Å². The normalized spacial score (nSPS) is 12.6. The Morgan fingerprint density at radius 1 is 1.53 bits per heavy atom. The number of benzene rings is 1. The van der Waals surface area contributed by atoms with E-state index in [4.69, 9.17) is 9.52 Å². The zero-order valence-electron chi connectivity index (χ0n) is 10.3. The zero-order chi connectivity index (χ0) is 14.0. The van der Waals surface area contributed by atoms with Crippen LogP contribution in [0.5, 0.6) is 0 Å². The van der Waals surface area contributed by atoms with Crippen molar-refractivity contribution in [3.8, 4) is 0 Å². The first-order valence-electron chi connectivity index (χ1n) is 5.78. The second kappa shape index (κ2) is 5.73. The standard InChI is InChI=1S/C13H14BrNO4/c1-7-10-4-8(14)2-3-11(10)19-12(7)13(18)15-5-9(17)6-16/h2-4,9,16-17H,5-6H2,1H3,(H,15,18). The number of furan rings is 1. The SMILES string of the molecule is Cc1c(C(=O)NCC(O)CO)oc2ccc(Br)cc12. The molecule has 0 saturated heterocycles. The molecule has 6 heteroatoms. The van der Waals surface area contributed by atoms with Crippen LogP contribution in [0.2, 0.25) is 0 Å². The van der Waals surface area contributed by atoms with E-state index in [1.165, 1.54) is 0 Å². The van der Waals surface area contributed by atoms with E-state index in [0.717, 1.165) is 15.4 Å². The number of hydrogen-bond acceptors (Lipinski definition) is 4. The summed E-state index contributed by atoms with van der Waals surface area (Å²) in [5.41, 5.74) is 1.38. The van der Waals surface area contributed by atoms with E-state index in [-0.39, 0.29) is 12.3 Å². The highest BCUT2D eigenvalue weighted by Crippen LogP contribution is 2.27. The van der Waals surface area contributed by atoms with E-state index >= 15 is 0 Å². The maximum atomic E-state index is 11.9. The third kappa shape index (κ3) is 2.97. The number of hydrogen-bond donors (Lipinski definition) is 3. The minimum absolute atomic E-state index is 0.0183. The molecular formula is C13H14BrNO4. The first-order chi connectivity index (χ1) is 9.02. The zero-order valence-corrected chi connectivity index (χ0v) is 11.9. The van der Waals surface area contributed by atoms with E-state index in [1.807, 2.05) is 12.1 Å². The second-order valence-electron chi connectivity index (χ2n) is 4.24. The van der Waals surface area contributed by atoms with Gasteiger partial charge in [-0.05, 0) is 25.1 Å². The average Bonchev–Trinajstić information content (AvgIpc) is 2.73. The summed E-state index contributed by atoms with van der Waals surface area (Å²) in [4.78, 5) is 11.9. The topological polar surface area (TPSA) is 82.7 Å². The number of aliphatic hydroxyl groups is 2. The molecular weight excluding hydrogens is 314 g/mol. The number of amides is 1. The lowest BCUT2D eigenvalue weighted by molar-refractivity contribution is 0.0785. The molecule has 102 valence electrons. The predicted octanol–water partition coefficient (Wildman–Crippen LogP) is 1.59. The molecule has 19 heavy (non-hydrogen) atoms. The number of carbonyl (C=O) groups is 1. The van der Waals surface area contributed by atoms with Crippen molar-refractivity contribution in [3.63, 3.8) is 0 Å². The summed E-state index contributed by atoms with van der Waals surface area (Å²) in [6.45, 7) is 1.39. The van der Waals surface area contributed by atoms with Crippen molar-refractivity contribution in [2.45, 2.75) is 13.0 Å². The highest BCUT2D eigenvalue weighted by molar-refractivity contribution is 9.10. The molecule has 1 amide bonds. The summed E-state index contributed by atoms with van der Waals surface area (Å²) in [6, 6.07) is 5.50. The lowest BCUT2D eigenvalue weighted by Gasteiger charge is -2.07. The largest absolute Gasteiger partial charge is 0.451 e. The van der Waals surface area contributed by atoms with Gasteiger partial charge >= 0.3 is 0 Å². The molecule has 1 heterocycles. The van der Waals surface area contributed by atoms with E-state index in [9.17, 15) is 9.90 Å². The third-order valence-corrected chi connectivity index (χ3v) is 3.31. The smallest absolute Gasteiger partial charge is 0.287 e. The highest BCUT2D eigenvalue weighted by atomic mass is 79.9. The Bertz CT molecular complexity index is 608. The molecule has 0 saturated carbocycles. The van der Waals surface area contributed by atoms with Gasteiger partial charge in [-0.3, -0.25) is 4.79 Å². The third-order valence-electron chi connectivity index (χ3n) is 2.81.